The summed E-state index contributed by atoms with van der Waals surface area (Å²) >= 11 is 1.46. The molecule has 0 heterocycles. The largest absolute Gasteiger partial charge is 0.435 e. The van der Waals surface area contributed by atoms with Gasteiger partial charge in [-0.1, -0.05) is 30.3 Å². The van der Waals surface area contributed by atoms with Gasteiger partial charge in [0.15, 0.2) is 0 Å². The van der Waals surface area contributed by atoms with Crippen LogP contribution < -0.4 is 10.1 Å². The highest BCUT2D eigenvalue weighted by Gasteiger charge is 2.05. The van der Waals surface area contributed by atoms with E-state index in [2.05, 4.69) is 10.1 Å². The topological polar surface area (TPSA) is 38.3 Å². The maximum atomic E-state index is 12.0. The van der Waals surface area contributed by atoms with E-state index in [-0.39, 0.29) is 11.7 Å². The van der Waals surface area contributed by atoms with Crippen LogP contribution in [0.1, 0.15) is 5.56 Å². The summed E-state index contributed by atoms with van der Waals surface area (Å²) in [6.45, 7) is -2.48. The van der Waals surface area contributed by atoms with Crippen molar-refractivity contribution in [3.63, 3.8) is 0 Å². The molecule has 3 nitrogen and oxygen atoms in total. The van der Waals surface area contributed by atoms with Crippen LogP contribution in [0.4, 0.5) is 8.78 Å². The number of carbonyl (C=O) groups is 1. The van der Waals surface area contributed by atoms with Gasteiger partial charge in [-0.05, 0) is 29.8 Å². The normalized spacial score (nSPS) is 10.5. The lowest BCUT2D eigenvalue weighted by atomic mass is 10.2. The fraction of sp³-hybridized carbons (Fsp3) is 0.188. The lowest BCUT2D eigenvalue weighted by molar-refractivity contribution is -0.118. The fourth-order valence-corrected chi connectivity index (χ4v) is 2.46. The van der Waals surface area contributed by atoms with Gasteiger partial charge in [0, 0.05) is 11.4 Å². The number of hydrogen-bond donors (Lipinski definition) is 1. The average molecular weight is 323 g/mol. The van der Waals surface area contributed by atoms with Gasteiger partial charge in [0.05, 0.1) is 5.75 Å². The Hall–Kier alpha value is -2.08. The maximum Gasteiger partial charge on any atom is 0.387 e. The van der Waals surface area contributed by atoms with E-state index in [0.717, 1.165) is 10.5 Å². The van der Waals surface area contributed by atoms with Gasteiger partial charge in [-0.15, -0.1) is 11.8 Å². The summed E-state index contributed by atoms with van der Waals surface area (Å²) in [7, 11) is 0. The van der Waals surface area contributed by atoms with Crippen LogP contribution in [-0.4, -0.2) is 18.3 Å². The number of nitrogens with one attached hydrogen (secondary N) is 1. The van der Waals surface area contributed by atoms with E-state index in [0.29, 0.717) is 12.3 Å². The number of benzene rings is 2. The number of halogens is 2. The molecular weight excluding hydrogens is 308 g/mol. The van der Waals surface area contributed by atoms with Crippen molar-refractivity contribution >= 4 is 17.7 Å². The SMILES string of the molecule is O=C(CSc1ccccc1)NCc1ccc(OC(F)F)cc1. The number of amides is 1. The van der Waals surface area contributed by atoms with E-state index in [1.54, 1.807) is 12.1 Å². The Morgan fingerprint density at radius 2 is 1.77 bits per heavy atom. The van der Waals surface area contributed by atoms with Crippen LogP contribution in [0.2, 0.25) is 0 Å². The molecule has 0 fully saturated rings. The van der Waals surface area contributed by atoms with E-state index in [1.165, 1.54) is 23.9 Å². The Morgan fingerprint density at radius 1 is 1.09 bits per heavy atom. The fourth-order valence-electron chi connectivity index (χ4n) is 1.71. The highest BCUT2D eigenvalue weighted by Crippen LogP contribution is 2.17. The predicted molar refractivity (Wildman–Crippen MR) is 82.1 cm³/mol. The van der Waals surface area contributed by atoms with Crippen LogP contribution in [0.5, 0.6) is 5.75 Å². The lowest BCUT2D eigenvalue weighted by Crippen LogP contribution is -2.24. The summed E-state index contributed by atoms with van der Waals surface area (Å²) in [4.78, 5) is 12.8. The number of thioether (sulfide) groups is 1. The number of ether oxygens (including phenoxy) is 1. The van der Waals surface area contributed by atoms with E-state index in [9.17, 15) is 13.6 Å². The second kappa shape index (κ2) is 8.38. The molecule has 0 aliphatic carbocycles. The first-order valence-electron chi connectivity index (χ1n) is 6.62. The van der Waals surface area contributed by atoms with Crippen molar-refractivity contribution in [3.8, 4) is 5.75 Å². The van der Waals surface area contributed by atoms with Crippen molar-refractivity contribution < 1.29 is 18.3 Å². The van der Waals surface area contributed by atoms with Crippen LogP contribution in [0.15, 0.2) is 59.5 Å². The van der Waals surface area contributed by atoms with Crippen molar-refractivity contribution in [2.45, 2.75) is 18.1 Å². The number of alkyl halides is 2. The van der Waals surface area contributed by atoms with Crippen molar-refractivity contribution in [2.24, 2.45) is 0 Å². The zero-order valence-electron chi connectivity index (χ0n) is 11.7. The minimum Gasteiger partial charge on any atom is -0.435 e. The third-order valence-corrected chi connectivity index (χ3v) is 3.76. The molecule has 6 heteroatoms. The molecule has 2 aromatic carbocycles. The molecule has 0 spiro atoms. The molecule has 22 heavy (non-hydrogen) atoms. The van der Waals surface area contributed by atoms with Gasteiger partial charge in [-0.3, -0.25) is 4.79 Å². The minimum atomic E-state index is -2.83. The molecule has 0 saturated carbocycles. The molecule has 116 valence electrons. The van der Waals surface area contributed by atoms with E-state index in [4.69, 9.17) is 0 Å². The zero-order chi connectivity index (χ0) is 15.8. The first kappa shape index (κ1) is 16.3. The molecule has 0 bridgehead atoms. The highest BCUT2D eigenvalue weighted by atomic mass is 32.2. The van der Waals surface area contributed by atoms with E-state index >= 15 is 0 Å². The molecule has 0 aliphatic heterocycles. The average Bonchev–Trinajstić information content (AvgIpc) is 2.53. The first-order valence-corrected chi connectivity index (χ1v) is 7.60. The van der Waals surface area contributed by atoms with Gasteiger partial charge in [0.2, 0.25) is 5.91 Å². The summed E-state index contributed by atoms with van der Waals surface area (Å²) in [5.74, 6) is 0.350. The molecular formula is C16H15F2NO2S. The predicted octanol–water partition coefficient (Wildman–Crippen LogP) is 3.70. The Kier molecular flexibility index (Phi) is 6.21. The second-order valence-corrected chi connectivity index (χ2v) is 5.45. The molecule has 0 atom stereocenters. The highest BCUT2D eigenvalue weighted by molar-refractivity contribution is 8.00. The number of carbonyl (C=O) groups excluding carboxylic acids is 1. The van der Waals surface area contributed by atoms with Gasteiger partial charge in [0.25, 0.3) is 0 Å². The van der Waals surface area contributed by atoms with Crippen LogP contribution in [0.3, 0.4) is 0 Å². The van der Waals surface area contributed by atoms with Gasteiger partial charge in [-0.25, -0.2) is 0 Å². The molecule has 0 unspecified atom stereocenters. The van der Waals surface area contributed by atoms with Crippen molar-refractivity contribution in [2.75, 3.05) is 5.75 Å². The van der Waals surface area contributed by atoms with Gasteiger partial charge in [-0.2, -0.15) is 8.78 Å². The molecule has 0 saturated heterocycles. The Balaban J connectivity index is 1.74. The zero-order valence-corrected chi connectivity index (χ0v) is 12.5. The molecule has 0 aromatic heterocycles. The van der Waals surface area contributed by atoms with Crippen LogP contribution >= 0.6 is 11.8 Å². The van der Waals surface area contributed by atoms with E-state index < -0.39 is 6.61 Å². The Bertz CT molecular complexity index is 591. The monoisotopic (exact) mass is 323 g/mol. The first-order chi connectivity index (χ1) is 10.6. The smallest absolute Gasteiger partial charge is 0.387 e. The molecule has 0 radical (unpaired) electrons. The molecule has 2 aromatic rings. The van der Waals surface area contributed by atoms with Gasteiger partial charge in [0.1, 0.15) is 5.75 Å². The van der Waals surface area contributed by atoms with E-state index in [1.807, 2.05) is 30.3 Å². The quantitative estimate of drug-likeness (QED) is 0.790. The second-order valence-electron chi connectivity index (χ2n) is 4.40. The maximum absolute atomic E-state index is 12.0. The van der Waals surface area contributed by atoms with Crippen molar-refractivity contribution in [3.05, 3.63) is 60.2 Å². The third kappa shape index (κ3) is 5.73. The lowest BCUT2D eigenvalue weighted by Gasteiger charge is -2.07. The summed E-state index contributed by atoms with van der Waals surface area (Å²) < 4.78 is 28.3. The van der Waals surface area contributed by atoms with Gasteiger partial charge >= 0.3 is 6.61 Å². The van der Waals surface area contributed by atoms with Crippen LogP contribution in [0, 0.1) is 0 Å². The van der Waals surface area contributed by atoms with Crippen molar-refractivity contribution in [1.29, 1.82) is 0 Å². The number of rotatable bonds is 7. The molecule has 0 aliphatic rings. The molecule has 1 N–H and O–H groups in total. The van der Waals surface area contributed by atoms with Gasteiger partial charge < -0.3 is 10.1 Å². The summed E-state index contributed by atoms with van der Waals surface area (Å²) in [5, 5.41) is 2.78. The molecule has 2 rings (SSSR count). The standard InChI is InChI=1S/C16H15F2NO2S/c17-16(18)21-13-8-6-12(7-9-13)10-19-15(20)11-22-14-4-2-1-3-5-14/h1-9,16H,10-11H2,(H,19,20). The Labute approximate surface area is 131 Å². The summed E-state index contributed by atoms with van der Waals surface area (Å²) in [6.07, 6.45) is 0. The van der Waals surface area contributed by atoms with Crippen LogP contribution in [0.25, 0.3) is 0 Å². The minimum absolute atomic E-state index is 0.0817. The van der Waals surface area contributed by atoms with Crippen molar-refractivity contribution in [1.82, 2.24) is 5.32 Å². The Morgan fingerprint density at radius 3 is 2.41 bits per heavy atom. The van der Waals surface area contributed by atoms with Crippen LogP contribution in [-0.2, 0) is 11.3 Å². The third-order valence-electron chi connectivity index (χ3n) is 2.75. The number of hydrogen-bond acceptors (Lipinski definition) is 3. The summed E-state index contributed by atoms with van der Waals surface area (Å²) in [5.41, 5.74) is 0.819. The summed E-state index contributed by atoms with van der Waals surface area (Å²) in [6, 6.07) is 15.8. The molecule has 1 amide bonds.